The van der Waals surface area contributed by atoms with Crippen molar-refractivity contribution in [3.8, 4) is 0 Å². The number of aromatic amines is 1. The first-order valence-electron chi connectivity index (χ1n) is 12.8. The third-order valence-corrected chi connectivity index (χ3v) is 7.61. The number of H-pyrrole nitrogens is 1. The molecule has 2 unspecified atom stereocenters. The van der Waals surface area contributed by atoms with Gasteiger partial charge >= 0.3 is 5.76 Å². The topological polar surface area (TPSA) is 165 Å². The third-order valence-electron chi connectivity index (χ3n) is 7.61. The lowest BCUT2D eigenvalue weighted by Crippen LogP contribution is -2.55. The Balaban J connectivity index is 1.08. The van der Waals surface area contributed by atoms with Crippen LogP contribution in [0.1, 0.15) is 19.3 Å². The first kappa shape index (κ1) is 24.8. The Morgan fingerprint density at radius 2 is 1.85 bits per heavy atom. The number of nitrogens with one attached hydrogen (secondary N) is 3. The van der Waals surface area contributed by atoms with Crippen LogP contribution in [0.3, 0.4) is 0 Å². The van der Waals surface area contributed by atoms with Gasteiger partial charge in [0, 0.05) is 44.2 Å². The van der Waals surface area contributed by atoms with Gasteiger partial charge in [-0.15, -0.1) is 0 Å². The van der Waals surface area contributed by atoms with Gasteiger partial charge in [-0.1, -0.05) is 18.2 Å². The number of hydrogen-bond acceptors (Lipinski definition) is 9. The van der Waals surface area contributed by atoms with Crippen LogP contribution in [0.2, 0.25) is 0 Å². The maximum absolute atomic E-state index is 13.3. The van der Waals surface area contributed by atoms with Crippen molar-refractivity contribution < 1.29 is 28.4 Å². The molecule has 202 valence electrons. The van der Waals surface area contributed by atoms with Gasteiger partial charge in [-0.05, 0) is 25.0 Å². The Morgan fingerprint density at radius 1 is 1.05 bits per heavy atom. The number of imide groups is 2. The average molecular weight is 535 g/mol. The number of piperazine rings is 1. The summed E-state index contributed by atoms with van der Waals surface area (Å²) in [6.07, 6.45) is 3.88. The number of benzene rings is 1. The zero-order valence-corrected chi connectivity index (χ0v) is 20.9. The van der Waals surface area contributed by atoms with Gasteiger partial charge in [0.2, 0.25) is 17.7 Å². The fraction of sp³-hybridized carbons (Fsp3) is 0.385. The van der Waals surface area contributed by atoms with Crippen molar-refractivity contribution in [3.05, 3.63) is 52.0 Å². The average Bonchev–Trinajstić information content (AvgIpc) is 3.44. The molecule has 2 saturated heterocycles. The highest BCUT2D eigenvalue weighted by Gasteiger charge is 2.47. The largest absolute Gasteiger partial charge is 0.417 e. The van der Waals surface area contributed by atoms with Crippen LogP contribution in [0.15, 0.2) is 50.7 Å². The first-order chi connectivity index (χ1) is 18.8. The minimum atomic E-state index is -1.04. The van der Waals surface area contributed by atoms with Crippen molar-refractivity contribution in [1.29, 1.82) is 0 Å². The molecule has 0 spiro atoms. The van der Waals surface area contributed by atoms with Crippen LogP contribution in [-0.2, 0) is 24.0 Å². The van der Waals surface area contributed by atoms with Crippen LogP contribution < -0.4 is 21.3 Å². The number of hydrogen-bond donors (Lipinski definition) is 3. The molecule has 13 heteroatoms. The number of anilines is 1. The molecule has 6 rings (SSSR count). The van der Waals surface area contributed by atoms with Crippen molar-refractivity contribution in [2.45, 2.75) is 31.3 Å². The molecule has 2 atom stereocenters. The van der Waals surface area contributed by atoms with Gasteiger partial charge in [-0.25, -0.2) is 4.79 Å². The summed E-state index contributed by atoms with van der Waals surface area (Å²) in [5, 5.41) is 5.32. The van der Waals surface area contributed by atoms with Crippen LogP contribution in [0, 0.1) is 0 Å². The van der Waals surface area contributed by atoms with Crippen LogP contribution in [0.25, 0.3) is 11.1 Å². The summed E-state index contributed by atoms with van der Waals surface area (Å²) in [4.78, 5) is 82.2. The lowest BCUT2D eigenvalue weighted by molar-refractivity contribution is -0.150. The summed E-state index contributed by atoms with van der Waals surface area (Å²) in [5.74, 6) is -2.89. The summed E-state index contributed by atoms with van der Waals surface area (Å²) in [5.41, 5.74) is 2.34. The standard InChI is InChI=1S/C26H26N6O7/c33-19-8-7-18(23(35)29-19)32-24(36)14-3-1-4-15(21(14)25(32)37)27-13-20(34)31-11-9-30(10-12-31)17-6-2-5-16-22(17)39-26(38)28-16/h1-3,5-6,15,18,27H,4,7-13H2,(H,28,38)(H,29,33,35). The second-order valence-corrected chi connectivity index (χ2v) is 9.88. The lowest BCUT2D eigenvalue weighted by atomic mass is 9.94. The van der Waals surface area contributed by atoms with Crippen molar-refractivity contribution in [2.75, 3.05) is 37.6 Å². The number of carbonyl (C=O) groups is 5. The molecule has 39 heavy (non-hydrogen) atoms. The minimum Gasteiger partial charge on any atom is -0.406 e. The van der Waals surface area contributed by atoms with E-state index in [-0.39, 0.29) is 36.4 Å². The van der Waals surface area contributed by atoms with Crippen molar-refractivity contribution in [3.63, 3.8) is 0 Å². The van der Waals surface area contributed by atoms with Gasteiger partial charge < -0.3 is 19.5 Å². The van der Waals surface area contributed by atoms with E-state index >= 15 is 0 Å². The molecule has 3 aliphatic heterocycles. The zero-order valence-electron chi connectivity index (χ0n) is 20.9. The Labute approximate surface area is 221 Å². The molecule has 4 aliphatic rings. The minimum absolute atomic E-state index is 0.0303. The van der Waals surface area contributed by atoms with Crippen LogP contribution >= 0.6 is 0 Å². The molecule has 5 amide bonds. The van der Waals surface area contributed by atoms with E-state index in [1.54, 1.807) is 23.1 Å². The van der Waals surface area contributed by atoms with Gasteiger partial charge in [0.1, 0.15) is 6.04 Å². The second-order valence-electron chi connectivity index (χ2n) is 9.88. The summed E-state index contributed by atoms with van der Waals surface area (Å²) in [6.45, 7) is 2.00. The predicted molar refractivity (Wildman–Crippen MR) is 136 cm³/mol. The van der Waals surface area contributed by atoms with Crippen molar-refractivity contribution >= 4 is 46.3 Å². The van der Waals surface area contributed by atoms with E-state index in [1.807, 2.05) is 12.1 Å². The summed E-state index contributed by atoms with van der Waals surface area (Å²) in [7, 11) is 0. The molecule has 2 fully saturated rings. The van der Waals surface area contributed by atoms with E-state index in [1.165, 1.54) is 0 Å². The van der Waals surface area contributed by atoms with Crippen LogP contribution in [0.4, 0.5) is 5.69 Å². The number of aromatic nitrogens is 1. The molecular formula is C26H26N6O7. The molecule has 0 bridgehead atoms. The SMILES string of the molecule is O=C1CCC(N2C(=O)C3=C(C2=O)C(NCC(=O)N2CCN(c4cccc5[nH]c(=O)oc45)CC2)CC=C3)C(=O)N1. The molecule has 13 nitrogen and oxygen atoms in total. The van der Waals surface area contributed by atoms with E-state index in [0.717, 1.165) is 10.6 Å². The van der Waals surface area contributed by atoms with E-state index in [2.05, 4.69) is 20.5 Å². The van der Waals surface area contributed by atoms with Gasteiger partial charge in [-0.2, -0.15) is 0 Å². The van der Waals surface area contributed by atoms with Crippen LogP contribution in [0.5, 0.6) is 0 Å². The highest BCUT2D eigenvalue weighted by atomic mass is 16.4. The highest BCUT2D eigenvalue weighted by Crippen LogP contribution is 2.32. The summed E-state index contributed by atoms with van der Waals surface area (Å²) >= 11 is 0. The number of rotatable bonds is 5. The number of amides is 5. The van der Waals surface area contributed by atoms with E-state index < -0.39 is 41.5 Å². The zero-order chi connectivity index (χ0) is 27.3. The number of para-hydroxylation sites is 1. The van der Waals surface area contributed by atoms with Gasteiger partial charge in [0.05, 0.1) is 23.3 Å². The normalized spacial score (nSPS) is 23.6. The van der Waals surface area contributed by atoms with Crippen molar-refractivity contribution in [1.82, 2.24) is 25.4 Å². The fourth-order valence-electron chi connectivity index (χ4n) is 5.64. The Morgan fingerprint density at radius 3 is 2.62 bits per heavy atom. The molecule has 0 saturated carbocycles. The molecule has 4 heterocycles. The highest BCUT2D eigenvalue weighted by molar-refractivity contribution is 6.23. The monoisotopic (exact) mass is 534 g/mol. The van der Waals surface area contributed by atoms with Gasteiger partial charge in [0.15, 0.2) is 5.58 Å². The molecule has 2 aromatic rings. The number of carbonyl (C=O) groups excluding carboxylic acids is 5. The maximum Gasteiger partial charge on any atom is 0.417 e. The number of oxazole rings is 1. The third kappa shape index (κ3) is 4.34. The van der Waals surface area contributed by atoms with Crippen LogP contribution in [-0.4, -0.2) is 89.1 Å². The van der Waals surface area contributed by atoms with Gasteiger partial charge in [-0.3, -0.25) is 39.2 Å². The molecule has 1 aromatic carbocycles. The van der Waals surface area contributed by atoms with E-state index in [4.69, 9.17) is 4.42 Å². The summed E-state index contributed by atoms with van der Waals surface area (Å²) < 4.78 is 5.29. The van der Waals surface area contributed by atoms with Gasteiger partial charge in [0.25, 0.3) is 11.8 Å². The lowest BCUT2D eigenvalue weighted by Gasteiger charge is -2.36. The quantitative estimate of drug-likeness (QED) is 0.415. The Bertz CT molecular complexity index is 1530. The number of fused-ring (bicyclic) bond motifs is 1. The molecular weight excluding hydrogens is 508 g/mol. The van der Waals surface area contributed by atoms with Crippen molar-refractivity contribution in [2.24, 2.45) is 0 Å². The number of nitrogens with zero attached hydrogens (tertiary/aromatic N) is 3. The Kier molecular flexibility index (Phi) is 6.14. The molecule has 3 N–H and O–H groups in total. The van der Waals surface area contributed by atoms with E-state index in [9.17, 15) is 28.8 Å². The molecule has 0 radical (unpaired) electrons. The summed E-state index contributed by atoms with van der Waals surface area (Å²) in [6, 6.07) is 3.88. The predicted octanol–water partition coefficient (Wildman–Crippen LogP) is -0.842. The van der Waals surface area contributed by atoms with E-state index in [0.29, 0.717) is 43.7 Å². The Hall–Kier alpha value is -4.52. The first-order valence-corrected chi connectivity index (χ1v) is 12.8. The second kappa shape index (κ2) is 9.66. The molecule has 1 aromatic heterocycles. The molecule has 1 aliphatic carbocycles. The smallest absolute Gasteiger partial charge is 0.406 e. The number of piperidine rings is 1. The maximum atomic E-state index is 13.3. The fourth-order valence-corrected chi connectivity index (χ4v) is 5.64.